The first kappa shape index (κ1) is 11.4. The molecule has 0 unspecified atom stereocenters. The average Bonchev–Trinajstić information content (AvgIpc) is 2.29. The molecule has 0 radical (unpaired) electrons. The number of phenolic OH excluding ortho intramolecular Hbond substituents is 1. The van der Waals surface area contributed by atoms with E-state index in [4.69, 9.17) is 0 Å². The number of aromatic nitrogens is 2. The van der Waals surface area contributed by atoms with Gasteiger partial charge in [-0.15, -0.1) is 0 Å². The van der Waals surface area contributed by atoms with E-state index in [1.807, 2.05) is 26.0 Å². The lowest BCUT2D eigenvalue weighted by atomic mass is 9.98. The monoisotopic (exact) mass is 230 g/mol. The Morgan fingerprint density at radius 1 is 1.29 bits per heavy atom. The van der Waals surface area contributed by atoms with Gasteiger partial charge in [-0.3, -0.25) is 0 Å². The van der Waals surface area contributed by atoms with Crippen molar-refractivity contribution in [1.82, 2.24) is 9.97 Å². The number of hydrogen-bond donors (Lipinski definition) is 2. The average molecular weight is 230 g/mol. The van der Waals surface area contributed by atoms with Crippen LogP contribution in [0.15, 0.2) is 35.4 Å². The molecule has 88 valence electrons. The molecule has 4 heteroatoms. The largest absolute Gasteiger partial charge is 0.508 e. The van der Waals surface area contributed by atoms with E-state index in [0.29, 0.717) is 0 Å². The molecular formula is C13H14N2O2. The third-order valence-electron chi connectivity index (χ3n) is 2.66. The van der Waals surface area contributed by atoms with Crippen molar-refractivity contribution in [3.63, 3.8) is 0 Å². The van der Waals surface area contributed by atoms with Crippen LogP contribution < -0.4 is 5.69 Å². The minimum Gasteiger partial charge on any atom is -0.508 e. The van der Waals surface area contributed by atoms with E-state index < -0.39 is 0 Å². The summed E-state index contributed by atoms with van der Waals surface area (Å²) in [5.41, 5.74) is 2.13. The Morgan fingerprint density at radius 2 is 2.06 bits per heavy atom. The highest BCUT2D eigenvalue weighted by atomic mass is 16.3. The van der Waals surface area contributed by atoms with Gasteiger partial charge in [0.25, 0.3) is 0 Å². The van der Waals surface area contributed by atoms with Crippen LogP contribution in [0.5, 0.6) is 5.75 Å². The zero-order valence-corrected chi connectivity index (χ0v) is 9.77. The van der Waals surface area contributed by atoms with Crippen LogP contribution in [0, 0.1) is 0 Å². The van der Waals surface area contributed by atoms with Gasteiger partial charge in [0.05, 0.1) is 0 Å². The van der Waals surface area contributed by atoms with E-state index in [1.165, 1.54) is 6.20 Å². The Morgan fingerprint density at radius 3 is 2.59 bits per heavy atom. The molecule has 0 saturated carbocycles. The fraction of sp³-hybridized carbons (Fsp3) is 0.231. The van der Waals surface area contributed by atoms with Crippen molar-refractivity contribution in [1.29, 1.82) is 0 Å². The van der Waals surface area contributed by atoms with Crippen LogP contribution in [0.4, 0.5) is 0 Å². The second kappa shape index (κ2) is 4.41. The molecule has 0 spiro atoms. The number of rotatable bonds is 2. The Labute approximate surface area is 99.0 Å². The van der Waals surface area contributed by atoms with Crippen molar-refractivity contribution in [3.05, 3.63) is 46.6 Å². The van der Waals surface area contributed by atoms with Crippen molar-refractivity contribution >= 4 is 0 Å². The SMILES string of the molecule is CC(C)c1ccc(-c2cnc(=O)[nH]c2)cc1O. The van der Waals surface area contributed by atoms with Gasteiger partial charge in [-0.2, -0.15) is 0 Å². The van der Waals surface area contributed by atoms with Gasteiger partial charge >= 0.3 is 5.69 Å². The summed E-state index contributed by atoms with van der Waals surface area (Å²) in [7, 11) is 0. The molecule has 0 atom stereocenters. The predicted octanol–water partition coefficient (Wildman–Crippen LogP) is 2.27. The number of phenols is 1. The molecule has 1 heterocycles. The molecule has 1 aromatic carbocycles. The van der Waals surface area contributed by atoms with Gasteiger partial charge in [-0.25, -0.2) is 9.78 Å². The smallest absolute Gasteiger partial charge is 0.344 e. The quantitative estimate of drug-likeness (QED) is 0.831. The highest BCUT2D eigenvalue weighted by Gasteiger charge is 2.07. The molecule has 2 rings (SSSR count). The molecule has 0 aliphatic carbocycles. The van der Waals surface area contributed by atoms with Crippen molar-refractivity contribution < 1.29 is 5.11 Å². The first-order valence-electron chi connectivity index (χ1n) is 5.46. The van der Waals surface area contributed by atoms with Gasteiger partial charge in [-0.1, -0.05) is 26.0 Å². The van der Waals surface area contributed by atoms with Gasteiger partial charge in [0.1, 0.15) is 5.75 Å². The van der Waals surface area contributed by atoms with E-state index in [0.717, 1.165) is 16.7 Å². The molecule has 17 heavy (non-hydrogen) atoms. The molecular weight excluding hydrogens is 216 g/mol. The number of aromatic amines is 1. The molecule has 2 aromatic rings. The van der Waals surface area contributed by atoms with E-state index in [-0.39, 0.29) is 17.4 Å². The zero-order chi connectivity index (χ0) is 12.4. The summed E-state index contributed by atoms with van der Waals surface area (Å²) < 4.78 is 0. The second-order valence-corrected chi connectivity index (χ2v) is 4.24. The van der Waals surface area contributed by atoms with E-state index >= 15 is 0 Å². The van der Waals surface area contributed by atoms with Crippen LogP contribution in [0.3, 0.4) is 0 Å². The molecule has 0 fully saturated rings. The summed E-state index contributed by atoms with van der Waals surface area (Å²) in [5.74, 6) is 0.543. The second-order valence-electron chi connectivity index (χ2n) is 4.24. The fourth-order valence-electron chi connectivity index (χ4n) is 1.71. The van der Waals surface area contributed by atoms with Gasteiger partial charge in [0.15, 0.2) is 0 Å². The summed E-state index contributed by atoms with van der Waals surface area (Å²) in [5, 5.41) is 9.89. The normalized spacial score (nSPS) is 10.8. The third-order valence-corrected chi connectivity index (χ3v) is 2.66. The predicted molar refractivity (Wildman–Crippen MR) is 66.0 cm³/mol. The highest BCUT2D eigenvalue weighted by molar-refractivity contribution is 5.64. The first-order valence-corrected chi connectivity index (χ1v) is 5.46. The molecule has 0 aliphatic heterocycles. The van der Waals surface area contributed by atoms with Gasteiger partial charge in [0, 0.05) is 18.0 Å². The molecule has 1 aromatic heterocycles. The maximum Gasteiger partial charge on any atom is 0.344 e. The number of nitrogens with one attached hydrogen (secondary N) is 1. The molecule has 4 nitrogen and oxygen atoms in total. The minimum atomic E-state index is -0.378. The number of aromatic hydroxyl groups is 1. The lowest BCUT2D eigenvalue weighted by molar-refractivity contribution is 0.465. The first-order chi connectivity index (χ1) is 8.08. The Bertz CT molecular complexity index is 568. The molecule has 0 aliphatic rings. The summed E-state index contributed by atoms with van der Waals surface area (Å²) in [4.78, 5) is 17.0. The van der Waals surface area contributed by atoms with Crippen LogP contribution >= 0.6 is 0 Å². The lowest BCUT2D eigenvalue weighted by Gasteiger charge is -2.09. The summed E-state index contributed by atoms with van der Waals surface area (Å²) in [6.07, 6.45) is 3.07. The summed E-state index contributed by atoms with van der Waals surface area (Å²) >= 11 is 0. The van der Waals surface area contributed by atoms with Crippen LogP contribution in [-0.4, -0.2) is 15.1 Å². The lowest BCUT2D eigenvalue weighted by Crippen LogP contribution is -2.07. The van der Waals surface area contributed by atoms with Gasteiger partial charge < -0.3 is 10.1 Å². The van der Waals surface area contributed by atoms with Gasteiger partial charge in [-0.05, 0) is 23.1 Å². The number of H-pyrrole nitrogens is 1. The van der Waals surface area contributed by atoms with Gasteiger partial charge in [0.2, 0.25) is 0 Å². The Hall–Kier alpha value is -2.10. The van der Waals surface area contributed by atoms with Crippen LogP contribution in [-0.2, 0) is 0 Å². The van der Waals surface area contributed by atoms with E-state index in [2.05, 4.69) is 9.97 Å². The number of benzene rings is 1. The third kappa shape index (κ3) is 2.36. The highest BCUT2D eigenvalue weighted by Crippen LogP contribution is 2.29. The van der Waals surface area contributed by atoms with Crippen molar-refractivity contribution in [2.75, 3.05) is 0 Å². The molecule has 0 saturated heterocycles. The molecule has 0 amide bonds. The number of nitrogens with zero attached hydrogens (tertiary/aromatic N) is 1. The van der Waals surface area contributed by atoms with Crippen molar-refractivity contribution in [2.45, 2.75) is 19.8 Å². The van der Waals surface area contributed by atoms with Crippen molar-refractivity contribution in [2.24, 2.45) is 0 Å². The summed E-state index contributed by atoms with van der Waals surface area (Å²) in [6, 6.07) is 5.48. The number of hydrogen-bond acceptors (Lipinski definition) is 3. The topological polar surface area (TPSA) is 66.0 Å². The zero-order valence-electron chi connectivity index (χ0n) is 9.77. The van der Waals surface area contributed by atoms with Crippen LogP contribution in [0.25, 0.3) is 11.1 Å². The van der Waals surface area contributed by atoms with Crippen LogP contribution in [0.1, 0.15) is 25.3 Å². The Balaban J connectivity index is 2.44. The summed E-state index contributed by atoms with van der Waals surface area (Å²) in [6.45, 7) is 4.05. The molecule has 2 N–H and O–H groups in total. The minimum absolute atomic E-state index is 0.267. The van der Waals surface area contributed by atoms with Crippen molar-refractivity contribution in [3.8, 4) is 16.9 Å². The van der Waals surface area contributed by atoms with E-state index in [9.17, 15) is 9.90 Å². The maximum atomic E-state index is 10.8. The van der Waals surface area contributed by atoms with E-state index in [1.54, 1.807) is 12.3 Å². The maximum absolute atomic E-state index is 10.8. The molecule has 0 bridgehead atoms. The van der Waals surface area contributed by atoms with Crippen LogP contribution in [0.2, 0.25) is 0 Å². The Kier molecular flexibility index (Phi) is 2.95. The fourth-order valence-corrected chi connectivity index (χ4v) is 1.71. The standard InChI is InChI=1S/C13H14N2O2/c1-8(2)11-4-3-9(5-12(11)16)10-6-14-13(17)15-7-10/h3-8,16H,1-2H3,(H,14,15,17).